The highest BCUT2D eigenvalue weighted by Gasteiger charge is 2.35. The number of carbonyl (C=O) groups is 1. The standard InChI is InChI=1S/C13H21N3O3S2/c1-10(16-21(18,19)11-5-4-8-20-11)12(17)15-13(9-14)6-2-3-7-13/h4-5,8,10,16H,2-3,6-7,9,14H2,1H3,(H,15,17). The molecule has 1 saturated carbocycles. The number of amides is 1. The average Bonchev–Trinajstić information content (AvgIpc) is 3.10. The summed E-state index contributed by atoms with van der Waals surface area (Å²) in [6.45, 7) is 1.92. The minimum absolute atomic E-state index is 0.205. The second kappa shape index (κ2) is 6.43. The zero-order valence-corrected chi connectivity index (χ0v) is 13.6. The largest absolute Gasteiger partial charge is 0.348 e. The van der Waals surface area contributed by atoms with Gasteiger partial charge in [-0.1, -0.05) is 18.9 Å². The minimum Gasteiger partial charge on any atom is -0.348 e. The third-order valence-electron chi connectivity index (χ3n) is 3.82. The maximum absolute atomic E-state index is 12.2. The lowest BCUT2D eigenvalue weighted by atomic mass is 9.97. The minimum atomic E-state index is -3.64. The van der Waals surface area contributed by atoms with E-state index in [1.807, 2.05) is 0 Å². The van der Waals surface area contributed by atoms with E-state index in [0.29, 0.717) is 6.54 Å². The van der Waals surface area contributed by atoms with Crippen LogP contribution in [0, 0.1) is 0 Å². The number of hydrogen-bond acceptors (Lipinski definition) is 5. The Labute approximate surface area is 129 Å². The van der Waals surface area contributed by atoms with Crippen molar-refractivity contribution in [2.75, 3.05) is 6.54 Å². The molecular weight excluding hydrogens is 310 g/mol. The van der Waals surface area contributed by atoms with Crippen LogP contribution in [0.2, 0.25) is 0 Å². The number of hydrogen-bond donors (Lipinski definition) is 3. The van der Waals surface area contributed by atoms with Crippen molar-refractivity contribution in [1.82, 2.24) is 10.0 Å². The normalized spacial score (nSPS) is 19.3. The van der Waals surface area contributed by atoms with Crippen molar-refractivity contribution in [3.05, 3.63) is 17.5 Å². The first-order chi connectivity index (χ1) is 9.88. The lowest BCUT2D eigenvalue weighted by Crippen LogP contribution is -2.56. The molecule has 21 heavy (non-hydrogen) atoms. The van der Waals surface area contributed by atoms with Crippen LogP contribution < -0.4 is 15.8 Å². The van der Waals surface area contributed by atoms with Crippen molar-refractivity contribution in [2.45, 2.75) is 48.4 Å². The summed E-state index contributed by atoms with van der Waals surface area (Å²) in [5.41, 5.74) is 5.39. The summed E-state index contributed by atoms with van der Waals surface area (Å²) in [7, 11) is -3.64. The molecule has 0 aromatic carbocycles. The van der Waals surface area contributed by atoms with E-state index >= 15 is 0 Å². The molecule has 118 valence electrons. The van der Waals surface area contributed by atoms with Crippen LogP contribution in [-0.4, -0.2) is 32.5 Å². The summed E-state index contributed by atoms with van der Waals surface area (Å²) in [5, 5.41) is 4.60. The van der Waals surface area contributed by atoms with Crippen LogP contribution in [0.15, 0.2) is 21.7 Å². The Morgan fingerprint density at radius 3 is 2.67 bits per heavy atom. The first-order valence-electron chi connectivity index (χ1n) is 6.96. The topological polar surface area (TPSA) is 101 Å². The number of nitrogens with two attached hydrogens (primary N) is 1. The summed E-state index contributed by atoms with van der Waals surface area (Å²) < 4.78 is 26.8. The maximum Gasteiger partial charge on any atom is 0.250 e. The van der Waals surface area contributed by atoms with E-state index in [0.717, 1.165) is 37.0 Å². The van der Waals surface area contributed by atoms with Crippen molar-refractivity contribution in [2.24, 2.45) is 5.73 Å². The molecule has 4 N–H and O–H groups in total. The molecule has 0 radical (unpaired) electrons. The molecule has 1 amide bonds. The Bertz CT molecular complexity index is 578. The number of rotatable bonds is 6. The molecule has 0 aliphatic heterocycles. The average molecular weight is 331 g/mol. The Hall–Kier alpha value is -0.960. The molecule has 8 heteroatoms. The van der Waals surface area contributed by atoms with Gasteiger partial charge in [0, 0.05) is 6.54 Å². The van der Waals surface area contributed by atoms with Crippen molar-refractivity contribution in [3.8, 4) is 0 Å². The lowest BCUT2D eigenvalue weighted by Gasteiger charge is -2.30. The van der Waals surface area contributed by atoms with Gasteiger partial charge in [0.15, 0.2) is 0 Å². The van der Waals surface area contributed by atoms with Crippen LogP contribution in [0.3, 0.4) is 0 Å². The summed E-state index contributed by atoms with van der Waals surface area (Å²) in [5.74, 6) is -0.331. The maximum atomic E-state index is 12.2. The van der Waals surface area contributed by atoms with Gasteiger partial charge in [-0.2, -0.15) is 4.72 Å². The molecule has 2 rings (SSSR count). The molecule has 6 nitrogen and oxygen atoms in total. The van der Waals surface area contributed by atoms with Crippen LogP contribution in [0.1, 0.15) is 32.6 Å². The Morgan fingerprint density at radius 1 is 1.48 bits per heavy atom. The molecule has 1 fully saturated rings. The fourth-order valence-corrected chi connectivity index (χ4v) is 4.77. The molecule has 1 atom stereocenters. The van der Waals surface area contributed by atoms with E-state index in [4.69, 9.17) is 5.73 Å². The predicted molar refractivity (Wildman–Crippen MR) is 82.5 cm³/mol. The number of thiophene rings is 1. The van der Waals surface area contributed by atoms with Gasteiger partial charge in [-0.3, -0.25) is 4.79 Å². The van der Waals surface area contributed by atoms with E-state index in [-0.39, 0.29) is 15.7 Å². The fraction of sp³-hybridized carbons (Fsp3) is 0.615. The summed E-state index contributed by atoms with van der Waals surface area (Å²) >= 11 is 1.12. The molecule has 0 saturated heterocycles. The molecule has 1 aromatic rings. The third-order valence-corrected chi connectivity index (χ3v) is 6.76. The smallest absolute Gasteiger partial charge is 0.250 e. The molecule has 1 unspecified atom stereocenters. The number of carbonyl (C=O) groups excluding carboxylic acids is 1. The van der Waals surface area contributed by atoms with Gasteiger partial charge in [-0.25, -0.2) is 8.42 Å². The molecular formula is C13H21N3O3S2. The van der Waals surface area contributed by atoms with Gasteiger partial charge in [0.1, 0.15) is 4.21 Å². The Balaban J connectivity index is 2.00. The van der Waals surface area contributed by atoms with Gasteiger partial charge in [-0.05, 0) is 31.2 Å². The molecule has 1 aliphatic carbocycles. The first-order valence-corrected chi connectivity index (χ1v) is 9.33. The van der Waals surface area contributed by atoms with E-state index in [2.05, 4.69) is 10.0 Å². The second-order valence-corrected chi connectivity index (χ2v) is 8.34. The Morgan fingerprint density at radius 2 is 2.14 bits per heavy atom. The van der Waals surface area contributed by atoms with Gasteiger partial charge in [0.05, 0.1) is 11.6 Å². The van der Waals surface area contributed by atoms with Crippen LogP contribution in [-0.2, 0) is 14.8 Å². The molecule has 0 spiro atoms. The van der Waals surface area contributed by atoms with E-state index in [1.165, 1.54) is 6.07 Å². The van der Waals surface area contributed by atoms with Crippen LogP contribution in [0.4, 0.5) is 0 Å². The molecule has 1 heterocycles. The van der Waals surface area contributed by atoms with Crippen LogP contribution >= 0.6 is 11.3 Å². The van der Waals surface area contributed by atoms with Crippen molar-refractivity contribution in [3.63, 3.8) is 0 Å². The molecule has 1 aliphatic rings. The predicted octanol–water partition coefficient (Wildman–Crippen LogP) is 0.803. The monoisotopic (exact) mass is 331 g/mol. The zero-order chi connectivity index (χ0) is 15.5. The first kappa shape index (κ1) is 16.4. The van der Waals surface area contributed by atoms with Crippen LogP contribution in [0.5, 0.6) is 0 Å². The van der Waals surface area contributed by atoms with Crippen molar-refractivity contribution < 1.29 is 13.2 Å². The van der Waals surface area contributed by atoms with Gasteiger partial charge in [-0.15, -0.1) is 11.3 Å². The molecule has 1 aromatic heterocycles. The lowest BCUT2D eigenvalue weighted by molar-refractivity contribution is -0.124. The van der Waals surface area contributed by atoms with Crippen molar-refractivity contribution >= 4 is 27.3 Å². The Kier molecular flexibility index (Phi) is 5.03. The van der Waals surface area contributed by atoms with Gasteiger partial charge >= 0.3 is 0 Å². The highest BCUT2D eigenvalue weighted by Crippen LogP contribution is 2.28. The van der Waals surface area contributed by atoms with Gasteiger partial charge in [0.25, 0.3) is 10.0 Å². The summed E-state index contributed by atoms with van der Waals surface area (Å²) in [6, 6.07) is 2.34. The quantitative estimate of drug-likeness (QED) is 0.718. The molecule has 0 bridgehead atoms. The van der Waals surface area contributed by atoms with Crippen molar-refractivity contribution in [1.29, 1.82) is 0 Å². The summed E-state index contributed by atoms with van der Waals surface area (Å²) in [4.78, 5) is 12.2. The van der Waals surface area contributed by atoms with Gasteiger partial charge in [0.2, 0.25) is 5.91 Å². The van der Waals surface area contributed by atoms with Crippen LogP contribution in [0.25, 0.3) is 0 Å². The highest BCUT2D eigenvalue weighted by molar-refractivity contribution is 7.91. The van der Waals surface area contributed by atoms with Gasteiger partial charge < -0.3 is 11.1 Å². The third kappa shape index (κ3) is 3.82. The zero-order valence-electron chi connectivity index (χ0n) is 12.0. The fourth-order valence-electron chi connectivity index (χ4n) is 2.56. The van der Waals surface area contributed by atoms with E-state index < -0.39 is 16.1 Å². The second-order valence-electron chi connectivity index (χ2n) is 5.46. The SMILES string of the molecule is CC(NS(=O)(=O)c1cccs1)C(=O)NC1(CN)CCCC1. The summed E-state index contributed by atoms with van der Waals surface area (Å²) in [6.07, 6.45) is 3.76. The number of sulfonamides is 1. The highest BCUT2D eigenvalue weighted by atomic mass is 32.2. The van der Waals surface area contributed by atoms with E-state index in [9.17, 15) is 13.2 Å². The number of nitrogens with one attached hydrogen (secondary N) is 2. The van der Waals surface area contributed by atoms with E-state index in [1.54, 1.807) is 18.4 Å².